The molecule has 1 aromatic heterocycles. The third-order valence-electron chi connectivity index (χ3n) is 5.83. The standard InChI is InChI=1S/C25H16BrCl2FN2O2/c1-33-15-5-2-13(3-6-15)12-31-23(18-10-14(29)4-7-20(18)27)22-19(26)11-17-16(21(22)25(31)32)8-9-30-24(17)28/h2-11,23H,12H2,1H3. The Labute approximate surface area is 208 Å². The van der Waals surface area contributed by atoms with Gasteiger partial charge in [-0.1, -0.05) is 51.3 Å². The van der Waals surface area contributed by atoms with E-state index in [2.05, 4.69) is 20.9 Å². The summed E-state index contributed by atoms with van der Waals surface area (Å²) < 4.78 is 20.2. The zero-order chi connectivity index (χ0) is 23.3. The zero-order valence-electron chi connectivity index (χ0n) is 17.3. The van der Waals surface area contributed by atoms with E-state index in [1.165, 1.54) is 18.2 Å². The number of methoxy groups -OCH3 is 1. The summed E-state index contributed by atoms with van der Waals surface area (Å²) in [5.74, 6) is 0.0963. The first kappa shape index (κ1) is 22.1. The van der Waals surface area contributed by atoms with E-state index >= 15 is 0 Å². The van der Waals surface area contributed by atoms with E-state index in [-0.39, 0.29) is 5.91 Å². The van der Waals surface area contributed by atoms with Crippen LogP contribution in [0.3, 0.4) is 0 Å². The van der Waals surface area contributed by atoms with E-state index < -0.39 is 11.9 Å². The van der Waals surface area contributed by atoms with E-state index in [1.54, 1.807) is 24.3 Å². The molecule has 0 fully saturated rings. The van der Waals surface area contributed by atoms with E-state index in [4.69, 9.17) is 27.9 Å². The highest BCUT2D eigenvalue weighted by Gasteiger charge is 2.41. The van der Waals surface area contributed by atoms with Gasteiger partial charge in [0.1, 0.15) is 16.7 Å². The third-order valence-corrected chi connectivity index (χ3v) is 7.13. The summed E-state index contributed by atoms with van der Waals surface area (Å²) in [7, 11) is 1.60. The van der Waals surface area contributed by atoms with Crippen LogP contribution >= 0.6 is 39.1 Å². The maximum atomic E-state index is 14.3. The lowest BCUT2D eigenvalue weighted by molar-refractivity contribution is 0.0737. The first-order valence-corrected chi connectivity index (χ1v) is 11.6. The highest BCUT2D eigenvalue weighted by Crippen LogP contribution is 2.48. The van der Waals surface area contributed by atoms with Crippen molar-refractivity contribution in [3.05, 3.63) is 104 Å². The van der Waals surface area contributed by atoms with Crippen molar-refractivity contribution in [2.24, 2.45) is 0 Å². The summed E-state index contributed by atoms with van der Waals surface area (Å²) in [6, 6.07) is 14.7. The molecule has 0 radical (unpaired) electrons. The van der Waals surface area contributed by atoms with Crippen LogP contribution in [-0.2, 0) is 6.54 Å². The minimum atomic E-state index is -0.594. The normalized spacial score (nSPS) is 15.2. The fraction of sp³-hybridized carbons (Fsp3) is 0.120. The molecule has 3 aromatic carbocycles. The second-order valence-corrected chi connectivity index (χ2v) is 9.31. The van der Waals surface area contributed by atoms with E-state index in [1.807, 2.05) is 30.3 Å². The molecule has 0 spiro atoms. The number of benzene rings is 3. The largest absolute Gasteiger partial charge is 0.497 e. The summed E-state index contributed by atoms with van der Waals surface area (Å²) in [6.45, 7) is 0.293. The molecule has 0 saturated carbocycles. The summed E-state index contributed by atoms with van der Waals surface area (Å²) in [4.78, 5) is 19.7. The monoisotopic (exact) mass is 544 g/mol. The highest BCUT2D eigenvalue weighted by atomic mass is 79.9. The number of aromatic nitrogens is 1. The topological polar surface area (TPSA) is 42.4 Å². The molecule has 2 heterocycles. The van der Waals surface area contributed by atoms with Crippen molar-refractivity contribution in [3.63, 3.8) is 0 Å². The van der Waals surface area contributed by atoms with E-state index in [9.17, 15) is 9.18 Å². The molecule has 5 rings (SSSR count). The molecule has 4 nitrogen and oxygen atoms in total. The molecular weight excluding hydrogens is 530 g/mol. The molecule has 1 aliphatic rings. The van der Waals surface area contributed by atoms with Gasteiger partial charge in [-0.15, -0.1) is 0 Å². The van der Waals surface area contributed by atoms with Crippen LogP contribution in [0.5, 0.6) is 5.75 Å². The van der Waals surface area contributed by atoms with Crippen LogP contribution in [0.15, 0.2) is 65.3 Å². The summed E-state index contributed by atoms with van der Waals surface area (Å²) >= 11 is 16.5. The molecule has 1 amide bonds. The zero-order valence-corrected chi connectivity index (χ0v) is 20.4. The van der Waals surface area contributed by atoms with Crippen LogP contribution in [0.1, 0.15) is 33.1 Å². The number of fused-ring (bicyclic) bond motifs is 3. The van der Waals surface area contributed by atoms with Crippen molar-refractivity contribution >= 4 is 55.8 Å². The first-order chi connectivity index (χ1) is 15.9. The average molecular weight is 546 g/mol. The van der Waals surface area contributed by atoms with Crippen LogP contribution < -0.4 is 4.74 Å². The lowest BCUT2D eigenvalue weighted by Gasteiger charge is -2.27. The smallest absolute Gasteiger partial charge is 0.255 e. The number of hydrogen-bond acceptors (Lipinski definition) is 3. The van der Waals surface area contributed by atoms with Crippen molar-refractivity contribution in [2.75, 3.05) is 7.11 Å². The molecule has 0 N–H and O–H groups in total. The van der Waals surface area contributed by atoms with Gasteiger partial charge in [-0.2, -0.15) is 0 Å². The van der Waals surface area contributed by atoms with Crippen LogP contribution in [0.25, 0.3) is 10.8 Å². The molecule has 8 heteroatoms. The molecule has 4 aromatic rings. The molecule has 0 bridgehead atoms. The number of halogens is 4. The maximum Gasteiger partial charge on any atom is 0.255 e. The van der Waals surface area contributed by atoms with E-state index in [0.29, 0.717) is 43.1 Å². The molecule has 1 aliphatic heterocycles. The SMILES string of the molecule is COc1ccc(CN2C(=O)c3c(c(Br)cc4c(Cl)nccc34)C2c2cc(F)ccc2Cl)cc1. The Morgan fingerprint density at radius 1 is 1.09 bits per heavy atom. The number of nitrogens with zero attached hydrogens (tertiary/aromatic N) is 2. The third kappa shape index (κ3) is 3.76. The van der Waals surface area contributed by atoms with Gasteiger partial charge in [0.05, 0.1) is 18.7 Å². The Bertz CT molecular complexity index is 1410. The minimum absolute atomic E-state index is 0.195. The fourth-order valence-corrected chi connectivity index (χ4v) is 5.40. The molecule has 0 saturated heterocycles. The van der Waals surface area contributed by atoms with Gasteiger partial charge in [0.15, 0.2) is 0 Å². The van der Waals surface area contributed by atoms with Crippen LogP contribution in [0, 0.1) is 5.82 Å². The Morgan fingerprint density at radius 2 is 1.85 bits per heavy atom. The lowest BCUT2D eigenvalue weighted by Crippen LogP contribution is -2.28. The molecule has 166 valence electrons. The van der Waals surface area contributed by atoms with Gasteiger partial charge in [0, 0.05) is 38.8 Å². The second-order valence-electron chi connectivity index (χ2n) is 7.69. The van der Waals surface area contributed by atoms with Gasteiger partial charge in [-0.3, -0.25) is 4.79 Å². The second kappa shape index (κ2) is 8.60. The van der Waals surface area contributed by atoms with Gasteiger partial charge < -0.3 is 9.64 Å². The Morgan fingerprint density at radius 3 is 2.58 bits per heavy atom. The van der Waals surface area contributed by atoms with Crippen molar-refractivity contribution < 1.29 is 13.9 Å². The van der Waals surface area contributed by atoms with Gasteiger partial charge in [-0.05, 0) is 53.4 Å². The minimum Gasteiger partial charge on any atom is -0.497 e. The quantitative estimate of drug-likeness (QED) is 0.255. The van der Waals surface area contributed by atoms with Crippen LogP contribution in [0.2, 0.25) is 10.2 Å². The fourth-order valence-electron chi connectivity index (χ4n) is 4.32. The molecule has 33 heavy (non-hydrogen) atoms. The predicted octanol–water partition coefficient (Wildman–Crippen LogP) is 7.20. The van der Waals surface area contributed by atoms with Crippen LogP contribution in [0.4, 0.5) is 4.39 Å². The number of ether oxygens (including phenoxy) is 1. The van der Waals surface area contributed by atoms with Gasteiger partial charge in [0.2, 0.25) is 0 Å². The number of rotatable bonds is 4. The number of amides is 1. The predicted molar refractivity (Wildman–Crippen MR) is 131 cm³/mol. The Kier molecular flexibility index (Phi) is 5.77. The lowest BCUT2D eigenvalue weighted by atomic mass is 9.94. The number of carbonyl (C=O) groups excluding carboxylic acids is 1. The van der Waals surface area contributed by atoms with Crippen molar-refractivity contribution in [1.29, 1.82) is 0 Å². The Hall–Kier alpha value is -2.67. The van der Waals surface area contributed by atoms with Gasteiger partial charge in [0.25, 0.3) is 5.91 Å². The number of pyridine rings is 1. The molecular formula is C25H16BrCl2FN2O2. The van der Waals surface area contributed by atoms with Crippen molar-refractivity contribution in [1.82, 2.24) is 9.88 Å². The number of carbonyl (C=O) groups is 1. The summed E-state index contributed by atoms with van der Waals surface area (Å²) in [5.41, 5.74) is 2.63. The highest BCUT2D eigenvalue weighted by molar-refractivity contribution is 9.10. The Balaban J connectivity index is 1.74. The summed E-state index contributed by atoms with van der Waals surface area (Å²) in [6.07, 6.45) is 1.57. The molecule has 1 unspecified atom stereocenters. The maximum absolute atomic E-state index is 14.3. The van der Waals surface area contributed by atoms with Crippen molar-refractivity contribution in [2.45, 2.75) is 12.6 Å². The van der Waals surface area contributed by atoms with E-state index in [0.717, 1.165) is 16.9 Å². The summed E-state index contributed by atoms with van der Waals surface area (Å²) in [5, 5.41) is 2.03. The number of hydrogen-bond donors (Lipinski definition) is 0. The van der Waals surface area contributed by atoms with Gasteiger partial charge >= 0.3 is 0 Å². The van der Waals surface area contributed by atoms with Crippen LogP contribution in [-0.4, -0.2) is 22.9 Å². The first-order valence-electron chi connectivity index (χ1n) is 10.0. The molecule has 1 atom stereocenters. The average Bonchev–Trinajstić information content (AvgIpc) is 3.10. The van der Waals surface area contributed by atoms with Crippen molar-refractivity contribution in [3.8, 4) is 5.75 Å². The molecule has 0 aliphatic carbocycles. The van der Waals surface area contributed by atoms with Gasteiger partial charge in [-0.25, -0.2) is 9.37 Å².